The fourth-order valence-electron chi connectivity index (χ4n) is 2.29. The third-order valence-corrected chi connectivity index (χ3v) is 3.29. The molecule has 3 rings (SSSR count). The fraction of sp³-hybridized carbons (Fsp3) is 0.200. The first kappa shape index (κ1) is 12.2. The van der Waals surface area contributed by atoms with Gasteiger partial charge >= 0.3 is 0 Å². The van der Waals surface area contributed by atoms with Gasteiger partial charge in [0.1, 0.15) is 11.3 Å². The minimum atomic E-state index is 0.558. The second-order valence-corrected chi connectivity index (χ2v) is 4.88. The van der Waals surface area contributed by atoms with Crippen LogP contribution in [0.5, 0.6) is 0 Å². The zero-order chi connectivity index (χ0) is 13.2. The Morgan fingerprint density at radius 2 is 2.16 bits per heavy atom. The minimum Gasteiger partial charge on any atom is -0.296 e. The van der Waals surface area contributed by atoms with Crippen molar-refractivity contribution in [1.82, 2.24) is 14.5 Å². The number of halogens is 1. The molecule has 0 amide bonds. The lowest BCUT2D eigenvalue weighted by molar-refractivity contribution is 0.911. The van der Waals surface area contributed by atoms with E-state index in [9.17, 15) is 0 Å². The average molecular weight is 272 g/mol. The summed E-state index contributed by atoms with van der Waals surface area (Å²) in [5.74, 6) is 1.53. The normalized spacial score (nSPS) is 11.1. The number of nitrogens with zero attached hydrogens (tertiary/aromatic N) is 3. The molecule has 1 aromatic carbocycles. The molecule has 3 aromatic rings. The van der Waals surface area contributed by atoms with Crippen LogP contribution in [0.1, 0.15) is 11.4 Å². The molecular weight excluding hydrogens is 258 g/mol. The summed E-state index contributed by atoms with van der Waals surface area (Å²) in [5, 5.41) is 0. The topological polar surface area (TPSA) is 30.7 Å². The van der Waals surface area contributed by atoms with Crippen molar-refractivity contribution in [2.45, 2.75) is 13.3 Å². The molecule has 0 radical (unpaired) electrons. The largest absolute Gasteiger partial charge is 0.296 e. The van der Waals surface area contributed by atoms with E-state index in [1.807, 2.05) is 6.07 Å². The lowest BCUT2D eigenvalue weighted by Crippen LogP contribution is -2.02. The van der Waals surface area contributed by atoms with Gasteiger partial charge in [-0.2, -0.15) is 0 Å². The summed E-state index contributed by atoms with van der Waals surface area (Å²) in [7, 11) is 0. The zero-order valence-corrected chi connectivity index (χ0v) is 11.4. The van der Waals surface area contributed by atoms with E-state index in [0.717, 1.165) is 29.0 Å². The van der Waals surface area contributed by atoms with Gasteiger partial charge in [-0.1, -0.05) is 12.1 Å². The van der Waals surface area contributed by atoms with Gasteiger partial charge in [-0.3, -0.25) is 9.55 Å². The van der Waals surface area contributed by atoms with Gasteiger partial charge in [0.15, 0.2) is 0 Å². The van der Waals surface area contributed by atoms with Crippen molar-refractivity contribution in [2.75, 3.05) is 5.88 Å². The van der Waals surface area contributed by atoms with Crippen molar-refractivity contribution in [3.63, 3.8) is 0 Å². The number of alkyl halides is 1. The third-order valence-electron chi connectivity index (χ3n) is 3.10. The molecule has 2 heterocycles. The van der Waals surface area contributed by atoms with Gasteiger partial charge < -0.3 is 0 Å². The van der Waals surface area contributed by atoms with Gasteiger partial charge in [-0.15, -0.1) is 11.6 Å². The monoisotopic (exact) mass is 271 g/mol. The highest BCUT2D eigenvalue weighted by atomic mass is 35.5. The van der Waals surface area contributed by atoms with Crippen LogP contribution in [0.2, 0.25) is 0 Å². The highest BCUT2D eigenvalue weighted by molar-refractivity contribution is 6.17. The standard InChI is InChI=1S/C15H14ClN3/c1-11-3-2-4-12(9-11)19-14-6-8-17-10-13(14)18-15(19)5-7-16/h2-4,6,8-10H,5,7H2,1H3. The molecule has 2 aromatic heterocycles. The van der Waals surface area contributed by atoms with Crippen molar-refractivity contribution < 1.29 is 0 Å². The Bertz CT molecular complexity index is 718. The van der Waals surface area contributed by atoms with Crippen LogP contribution < -0.4 is 0 Å². The van der Waals surface area contributed by atoms with Crippen LogP contribution in [0, 0.1) is 6.92 Å². The summed E-state index contributed by atoms with van der Waals surface area (Å²) in [6.45, 7) is 2.09. The van der Waals surface area contributed by atoms with Gasteiger partial charge in [-0.05, 0) is 30.7 Å². The smallest absolute Gasteiger partial charge is 0.115 e. The number of pyridine rings is 1. The second kappa shape index (κ2) is 5.02. The maximum absolute atomic E-state index is 5.89. The molecule has 0 saturated carbocycles. The van der Waals surface area contributed by atoms with Gasteiger partial charge in [0.25, 0.3) is 0 Å². The Hall–Kier alpha value is -1.87. The number of fused-ring (bicyclic) bond motifs is 1. The van der Waals surface area contributed by atoms with Gasteiger partial charge in [0.2, 0.25) is 0 Å². The first-order chi connectivity index (χ1) is 9.29. The van der Waals surface area contributed by atoms with Crippen LogP contribution in [0.3, 0.4) is 0 Å². The number of rotatable bonds is 3. The summed E-state index contributed by atoms with van der Waals surface area (Å²) in [6.07, 6.45) is 4.32. The molecule has 0 aliphatic carbocycles. The molecule has 0 aliphatic heterocycles. The van der Waals surface area contributed by atoms with E-state index in [2.05, 4.69) is 45.7 Å². The Balaban J connectivity index is 2.28. The van der Waals surface area contributed by atoms with E-state index in [1.54, 1.807) is 12.4 Å². The number of hydrogen-bond donors (Lipinski definition) is 0. The van der Waals surface area contributed by atoms with Crippen molar-refractivity contribution >= 4 is 22.6 Å². The quantitative estimate of drug-likeness (QED) is 0.683. The first-order valence-corrected chi connectivity index (χ1v) is 6.77. The highest BCUT2D eigenvalue weighted by Crippen LogP contribution is 2.22. The van der Waals surface area contributed by atoms with E-state index < -0.39 is 0 Å². The lowest BCUT2D eigenvalue weighted by Gasteiger charge is -2.09. The van der Waals surface area contributed by atoms with E-state index >= 15 is 0 Å². The molecule has 3 nitrogen and oxygen atoms in total. The second-order valence-electron chi connectivity index (χ2n) is 4.51. The number of hydrogen-bond acceptors (Lipinski definition) is 2. The number of imidazole rings is 1. The maximum Gasteiger partial charge on any atom is 0.115 e. The van der Waals surface area contributed by atoms with Crippen molar-refractivity contribution in [3.8, 4) is 5.69 Å². The number of benzene rings is 1. The SMILES string of the molecule is Cc1cccc(-n2c(CCCl)nc3cnccc32)c1. The van der Waals surface area contributed by atoms with E-state index in [0.29, 0.717) is 5.88 Å². The lowest BCUT2D eigenvalue weighted by atomic mass is 10.2. The Labute approximate surface area is 116 Å². The van der Waals surface area contributed by atoms with E-state index in [1.165, 1.54) is 5.56 Å². The third kappa shape index (κ3) is 2.22. The maximum atomic E-state index is 5.89. The Morgan fingerprint density at radius 1 is 1.26 bits per heavy atom. The summed E-state index contributed by atoms with van der Waals surface area (Å²) < 4.78 is 2.16. The summed E-state index contributed by atoms with van der Waals surface area (Å²) in [6, 6.07) is 10.4. The molecule has 0 aliphatic rings. The fourth-order valence-corrected chi connectivity index (χ4v) is 2.46. The van der Waals surface area contributed by atoms with Crippen LogP contribution in [-0.2, 0) is 6.42 Å². The van der Waals surface area contributed by atoms with Gasteiger partial charge in [0, 0.05) is 24.2 Å². The number of aryl methyl sites for hydroxylation is 2. The zero-order valence-electron chi connectivity index (χ0n) is 10.7. The molecule has 4 heteroatoms. The van der Waals surface area contributed by atoms with E-state index in [4.69, 9.17) is 11.6 Å². The van der Waals surface area contributed by atoms with Crippen LogP contribution in [0.15, 0.2) is 42.7 Å². The Morgan fingerprint density at radius 3 is 2.95 bits per heavy atom. The predicted molar refractivity (Wildman–Crippen MR) is 78.0 cm³/mol. The van der Waals surface area contributed by atoms with Gasteiger partial charge in [0.05, 0.1) is 11.7 Å². The summed E-state index contributed by atoms with van der Waals surface area (Å²) in [4.78, 5) is 8.75. The molecule has 0 bridgehead atoms. The average Bonchev–Trinajstić information content (AvgIpc) is 2.77. The summed E-state index contributed by atoms with van der Waals surface area (Å²) >= 11 is 5.89. The minimum absolute atomic E-state index is 0.558. The Kier molecular flexibility index (Phi) is 3.22. The van der Waals surface area contributed by atoms with Crippen LogP contribution in [0.25, 0.3) is 16.7 Å². The molecule has 0 atom stereocenters. The molecule has 0 saturated heterocycles. The van der Waals surface area contributed by atoms with Crippen molar-refractivity contribution in [3.05, 3.63) is 54.1 Å². The predicted octanol–water partition coefficient (Wildman–Crippen LogP) is 3.51. The van der Waals surface area contributed by atoms with Crippen LogP contribution >= 0.6 is 11.6 Å². The van der Waals surface area contributed by atoms with Gasteiger partial charge in [-0.25, -0.2) is 4.98 Å². The highest BCUT2D eigenvalue weighted by Gasteiger charge is 2.11. The molecule has 0 spiro atoms. The van der Waals surface area contributed by atoms with Crippen LogP contribution in [0.4, 0.5) is 0 Å². The molecule has 96 valence electrons. The molecule has 0 unspecified atom stereocenters. The van der Waals surface area contributed by atoms with Crippen molar-refractivity contribution in [2.24, 2.45) is 0 Å². The molecule has 19 heavy (non-hydrogen) atoms. The molecule has 0 N–H and O–H groups in total. The number of aromatic nitrogens is 3. The van der Waals surface area contributed by atoms with Crippen LogP contribution in [-0.4, -0.2) is 20.4 Å². The summed E-state index contributed by atoms with van der Waals surface area (Å²) in [5.41, 5.74) is 4.32. The molecule has 0 fully saturated rings. The van der Waals surface area contributed by atoms with E-state index in [-0.39, 0.29) is 0 Å². The first-order valence-electron chi connectivity index (χ1n) is 6.24. The molecular formula is C15H14ClN3. The van der Waals surface area contributed by atoms with Crippen molar-refractivity contribution in [1.29, 1.82) is 0 Å².